The maximum atomic E-state index is 12.7. The van der Waals surface area contributed by atoms with Crippen LogP contribution in [0.15, 0.2) is 54.6 Å². The van der Waals surface area contributed by atoms with Crippen LogP contribution in [-0.4, -0.2) is 39.9 Å². The number of aromatic nitrogens is 1. The number of ether oxygens (including phenoxy) is 2. The van der Waals surface area contributed by atoms with Crippen LogP contribution in [0.4, 0.5) is 22.2 Å². The van der Waals surface area contributed by atoms with Crippen molar-refractivity contribution in [2.24, 2.45) is 0 Å². The molecule has 0 aliphatic rings. The van der Waals surface area contributed by atoms with Crippen molar-refractivity contribution in [3.05, 3.63) is 86.0 Å². The average molecular weight is 552 g/mol. The highest BCUT2D eigenvalue weighted by Crippen LogP contribution is 2.32. The van der Waals surface area contributed by atoms with Crippen molar-refractivity contribution >= 4 is 55.6 Å². The number of thiazole rings is 1. The van der Waals surface area contributed by atoms with Gasteiger partial charge < -0.3 is 14.8 Å². The predicted molar refractivity (Wildman–Crippen MR) is 144 cm³/mol. The molecule has 0 spiro atoms. The molecule has 4 aromatic rings. The van der Waals surface area contributed by atoms with Crippen molar-refractivity contribution in [3.8, 4) is 11.5 Å². The van der Waals surface area contributed by atoms with E-state index >= 15 is 0 Å². The highest BCUT2D eigenvalue weighted by molar-refractivity contribution is 7.22. The summed E-state index contributed by atoms with van der Waals surface area (Å²) in [5.41, 5.74) is 0.442. The molecule has 0 atom stereocenters. The molecule has 0 bridgehead atoms. The van der Waals surface area contributed by atoms with Crippen LogP contribution in [0.25, 0.3) is 10.2 Å². The van der Waals surface area contributed by atoms with E-state index in [0.717, 1.165) is 23.5 Å². The summed E-state index contributed by atoms with van der Waals surface area (Å²) >= 11 is 1.13. The largest absolute Gasteiger partial charge is 0.487 e. The van der Waals surface area contributed by atoms with Crippen molar-refractivity contribution < 1.29 is 28.9 Å². The maximum absolute atomic E-state index is 12.7. The molecule has 200 valence electrons. The normalized spacial score (nSPS) is 10.6. The molecule has 14 heteroatoms. The zero-order valence-electron chi connectivity index (χ0n) is 20.6. The Morgan fingerprint density at radius 1 is 0.821 bits per heavy atom. The van der Waals surface area contributed by atoms with Crippen LogP contribution in [0.2, 0.25) is 0 Å². The Hall–Kier alpha value is -5.11. The second kappa shape index (κ2) is 11.5. The van der Waals surface area contributed by atoms with Crippen LogP contribution in [-0.2, 0) is 0 Å². The fourth-order valence-corrected chi connectivity index (χ4v) is 4.49. The predicted octanol–water partition coefficient (Wildman–Crippen LogP) is 5.41. The number of anilines is 2. The second-order valence-electron chi connectivity index (χ2n) is 7.86. The summed E-state index contributed by atoms with van der Waals surface area (Å²) in [5, 5.41) is 28.3. The average Bonchev–Trinajstić information content (AvgIpc) is 3.30. The van der Waals surface area contributed by atoms with E-state index in [1.807, 2.05) is 0 Å². The standard InChI is InChI=1S/C25H21N5O8S/c1-3-37-20-9-5-14(11-18(20)29(33)34)23(31)26-16-7-8-17-22(13-16)39-25(27-17)28-24(32)15-6-10-21(38-4-2)19(12-15)30(35)36/h5-13H,3-4H2,1-2H3,(H,26,31)(H,27,28,32). The van der Waals surface area contributed by atoms with E-state index < -0.39 is 21.7 Å². The lowest BCUT2D eigenvalue weighted by Crippen LogP contribution is -2.12. The van der Waals surface area contributed by atoms with Crippen molar-refractivity contribution in [3.63, 3.8) is 0 Å². The molecule has 0 saturated carbocycles. The first kappa shape index (κ1) is 26.9. The Balaban J connectivity index is 1.50. The van der Waals surface area contributed by atoms with Gasteiger partial charge in [-0.1, -0.05) is 11.3 Å². The minimum absolute atomic E-state index is 0.0572. The molecule has 1 heterocycles. The number of rotatable bonds is 10. The molecule has 4 rings (SSSR count). The van der Waals surface area contributed by atoms with E-state index in [1.165, 1.54) is 24.3 Å². The number of hydrogen-bond acceptors (Lipinski definition) is 10. The van der Waals surface area contributed by atoms with E-state index in [1.54, 1.807) is 32.0 Å². The Labute approximate surface area is 224 Å². The van der Waals surface area contributed by atoms with Crippen molar-refractivity contribution in [1.29, 1.82) is 0 Å². The van der Waals surface area contributed by atoms with Gasteiger partial charge in [0.05, 0.1) is 33.3 Å². The third-order valence-corrected chi connectivity index (χ3v) is 6.24. The van der Waals surface area contributed by atoms with Crippen LogP contribution >= 0.6 is 11.3 Å². The van der Waals surface area contributed by atoms with Crippen LogP contribution in [0, 0.1) is 20.2 Å². The van der Waals surface area contributed by atoms with Gasteiger partial charge in [-0.3, -0.25) is 35.1 Å². The number of benzene rings is 3. The smallest absolute Gasteiger partial charge is 0.311 e. The van der Waals surface area contributed by atoms with Crippen molar-refractivity contribution in [2.75, 3.05) is 23.8 Å². The highest BCUT2D eigenvalue weighted by Gasteiger charge is 2.21. The molecule has 13 nitrogen and oxygen atoms in total. The van der Waals surface area contributed by atoms with Gasteiger partial charge in [-0.25, -0.2) is 4.98 Å². The lowest BCUT2D eigenvalue weighted by atomic mass is 10.1. The van der Waals surface area contributed by atoms with E-state index in [-0.39, 0.29) is 52.3 Å². The highest BCUT2D eigenvalue weighted by atomic mass is 32.1. The van der Waals surface area contributed by atoms with E-state index in [9.17, 15) is 29.8 Å². The van der Waals surface area contributed by atoms with Crippen LogP contribution in [0.5, 0.6) is 11.5 Å². The lowest BCUT2D eigenvalue weighted by Gasteiger charge is -2.08. The van der Waals surface area contributed by atoms with Gasteiger partial charge in [0.25, 0.3) is 11.8 Å². The third kappa shape index (κ3) is 6.07. The summed E-state index contributed by atoms with van der Waals surface area (Å²) in [4.78, 5) is 51.3. The Kier molecular flexibility index (Phi) is 7.96. The topological polar surface area (TPSA) is 176 Å². The molecule has 0 radical (unpaired) electrons. The number of nitro groups is 2. The molecule has 0 aliphatic heterocycles. The summed E-state index contributed by atoms with van der Waals surface area (Å²) in [6.45, 7) is 3.87. The van der Waals surface area contributed by atoms with E-state index in [4.69, 9.17) is 9.47 Å². The monoisotopic (exact) mass is 551 g/mol. The minimum atomic E-state index is -0.624. The number of nitro benzene ring substituents is 2. The van der Waals surface area contributed by atoms with Crippen LogP contribution in [0.1, 0.15) is 34.6 Å². The first-order valence-electron chi connectivity index (χ1n) is 11.6. The molecule has 39 heavy (non-hydrogen) atoms. The second-order valence-corrected chi connectivity index (χ2v) is 8.89. The first-order chi connectivity index (χ1) is 18.7. The summed E-state index contributed by atoms with van der Waals surface area (Å²) in [6, 6.07) is 12.7. The number of fused-ring (bicyclic) bond motifs is 1. The van der Waals surface area contributed by atoms with Gasteiger partial charge in [0.2, 0.25) is 0 Å². The maximum Gasteiger partial charge on any atom is 0.311 e. The lowest BCUT2D eigenvalue weighted by molar-refractivity contribution is -0.386. The number of amides is 2. The summed E-state index contributed by atoms with van der Waals surface area (Å²) in [6.07, 6.45) is 0. The molecule has 3 aromatic carbocycles. The molecular formula is C25H21N5O8S. The minimum Gasteiger partial charge on any atom is -0.487 e. The van der Waals surface area contributed by atoms with Gasteiger partial charge in [-0.15, -0.1) is 0 Å². The Bertz CT molecular complexity index is 1520. The molecular weight excluding hydrogens is 530 g/mol. The van der Waals surface area contributed by atoms with Crippen molar-refractivity contribution in [2.45, 2.75) is 13.8 Å². The third-order valence-electron chi connectivity index (χ3n) is 5.30. The molecule has 0 aliphatic carbocycles. The number of nitrogens with one attached hydrogen (secondary N) is 2. The van der Waals surface area contributed by atoms with E-state index in [2.05, 4.69) is 15.6 Å². The first-order valence-corrected chi connectivity index (χ1v) is 12.4. The number of hydrogen-bond donors (Lipinski definition) is 2. The molecule has 0 unspecified atom stereocenters. The quantitative estimate of drug-likeness (QED) is 0.193. The summed E-state index contributed by atoms with van der Waals surface area (Å²) in [5.74, 6) is -1.02. The van der Waals surface area contributed by atoms with Gasteiger partial charge in [0.15, 0.2) is 16.6 Å². The molecule has 2 amide bonds. The molecule has 2 N–H and O–H groups in total. The zero-order chi connectivity index (χ0) is 28.1. The molecule has 0 saturated heterocycles. The molecule has 0 fully saturated rings. The summed E-state index contributed by atoms with van der Waals surface area (Å²) < 4.78 is 11.1. The van der Waals surface area contributed by atoms with Crippen molar-refractivity contribution in [1.82, 2.24) is 4.98 Å². The fraction of sp³-hybridized carbons (Fsp3) is 0.160. The van der Waals surface area contributed by atoms with Gasteiger partial charge in [0, 0.05) is 28.9 Å². The summed E-state index contributed by atoms with van der Waals surface area (Å²) in [7, 11) is 0. The Morgan fingerprint density at radius 3 is 1.87 bits per heavy atom. The fourth-order valence-electron chi connectivity index (χ4n) is 3.59. The number of nitrogens with zero attached hydrogens (tertiary/aromatic N) is 3. The van der Waals surface area contributed by atoms with Gasteiger partial charge in [-0.05, 0) is 56.3 Å². The van der Waals surface area contributed by atoms with Gasteiger partial charge in [-0.2, -0.15) is 0 Å². The van der Waals surface area contributed by atoms with Gasteiger partial charge >= 0.3 is 11.4 Å². The number of carbonyl (C=O) groups excluding carboxylic acids is 2. The zero-order valence-corrected chi connectivity index (χ0v) is 21.4. The van der Waals surface area contributed by atoms with Crippen LogP contribution in [0.3, 0.4) is 0 Å². The Morgan fingerprint density at radius 2 is 1.36 bits per heavy atom. The SMILES string of the molecule is CCOc1ccc(C(=O)Nc2ccc3nc(NC(=O)c4ccc(OCC)c([N+](=O)[O-])c4)sc3c2)cc1[N+](=O)[O-]. The van der Waals surface area contributed by atoms with Gasteiger partial charge in [0.1, 0.15) is 0 Å². The van der Waals surface area contributed by atoms with E-state index in [0.29, 0.717) is 15.9 Å². The molecule has 1 aromatic heterocycles. The van der Waals surface area contributed by atoms with Crippen LogP contribution < -0.4 is 20.1 Å². The number of carbonyl (C=O) groups is 2.